The first-order valence-corrected chi connectivity index (χ1v) is 8.09. The van der Waals surface area contributed by atoms with E-state index in [-0.39, 0.29) is 0 Å². The number of nitrogens with zero attached hydrogens (tertiary/aromatic N) is 3. The quantitative estimate of drug-likeness (QED) is 0.686. The first kappa shape index (κ1) is 15.4. The van der Waals surface area contributed by atoms with Crippen molar-refractivity contribution in [3.05, 3.63) is 70.8 Å². The van der Waals surface area contributed by atoms with Crippen molar-refractivity contribution in [3.8, 4) is 0 Å². The predicted molar refractivity (Wildman–Crippen MR) is 95.9 cm³/mol. The Hall–Kier alpha value is -2.47. The fourth-order valence-electron chi connectivity index (χ4n) is 2.08. The molecule has 0 radical (unpaired) electrons. The summed E-state index contributed by atoms with van der Waals surface area (Å²) in [6.07, 6.45) is 2.51. The molecule has 0 aliphatic heterocycles. The van der Waals surface area contributed by atoms with Crippen LogP contribution >= 0.6 is 15.9 Å². The molecule has 0 aliphatic carbocycles. The highest BCUT2D eigenvalue weighted by atomic mass is 79.9. The van der Waals surface area contributed by atoms with Crippen LogP contribution in [-0.4, -0.2) is 21.7 Å². The van der Waals surface area contributed by atoms with Gasteiger partial charge in [-0.3, -0.25) is 0 Å². The molecule has 1 aromatic heterocycles. The number of halogens is 1. The number of hydrogen-bond acceptors (Lipinski definition) is 5. The van der Waals surface area contributed by atoms with Crippen LogP contribution in [0, 0.1) is 0 Å². The minimum atomic E-state index is 0.517. The molecule has 0 atom stereocenters. The molecule has 3 rings (SSSR count). The summed E-state index contributed by atoms with van der Waals surface area (Å²) in [4.78, 5) is 4.41. The lowest BCUT2D eigenvalue weighted by atomic mass is 10.1. The van der Waals surface area contributed by atoms with Crippen molar-refractivity contribution in [2.24, 2.45) is 0 Å². The van der Waals surface area contributed by atoms with Crippen LogP contribution in [-0.2, 0) is 6.42 Å². The summed E-state index contributed by atoms with van der Waals surface area (Å²) in [5.74, 6) is 1.17. The Morgan fingerprint density at radius 2 is 1.74 bits per heavy atom. The number of rotatable bonds is 6. The van der Waals surface area contributed by atoms with Gasteiger partial charge >= 0.3 is 0 Å². The van der Waals surface area contributed by atoms with Crippen molar-refractivity contribution in [2.75, 3.05) is 17.2 Å². The normalized spacial score (nSPS) is 10.3. The van der Waals surface area contributed by atoms with Gasteiger partial charge in [-0.15, -0.1) is 5.10 Å². The van der Waals surface area contributed by atoms with Crippen molar-refractivity contribution < 1.29 is 0 Å². The molecule has 0 spiro atoms. The van der Waals surface area contributed by atoms with Gasteiger partial charge in [-0.25, -0.2) is 0 Å². The van der Waals surface area contributed by atoms with Gasteiger partial charge in [0.05, 0.1) is 6.20 Å². The topological polar surface area (TPSA) is 62.7 Å². The Labute approximate surface area is 143 Å². The summed E-state index contributed by atoms with van der Waals surface area (Å²) in [5.41, 5.74) is 2.22. The zero-order valence-corrected chi connectivity index (χ0v) is 14.0. The van der Waals surface area contributed by atoms with Gasteiger partial charge in [0.2, 0.25) is 5.95 Å². The molecule has 2 N–H and O–H groups in total. The van der Waals surface area contributed by atoms with Crippen molar-refractivity contribution in [1.82, 2.24) is 15.2 Å². The van der Waals surface area contributed by atoms with E-state index in [4.69, 9.17) is 0 Å². The Kier molecular flexibility index (Phi) is 5.16. The monoisotopic (exact) mass is 369 g/mol. The minimum absolute atomic E-state index is 0.517. The second kappa shape index (κ2) is 7.69. The summed E-state index contributed by atoms with van der Waals surface area (Å²) in [6, 6.07) is 18.2. The van der Waals surface area contributed by atoms with Gasteiger partial charge in [0, 0.05) is 16.7 Å². The van der Waals surface area contributed by atoms with Gasteiger partial charge in [0.25, 0.3) is 0 Å². The molecular formula is C17H16BrN5. The first-order chi connectivity index (χ1) is 11.3. The molecule has 23 heavy (non-hydrogen) atoms. The molecule has 116 valence electrons. The molecule has 0 saturated heterocycles. The second-order valence-electron chi connectivity index (χ2n) is 4.96. The van der Waals surface area contributed by atoms with Gasteiger partial charge in [0.15, 0.2) is 5.82 Å². The number of aromatic nitrogens is 3. The molecular weight excluding hydrogens is 354 g/mol. The fourth-order valence-corrected chi connectivity index (χ4v) is 2.35. The summed E-state index contributed by atoms with van der Waals surface area (Å²) in [6.45, 7) is 0.757. The maximum absolute atomic E-state index is 4.41. The second-order valence-corrected chi connectivity index (χ2v) is 5.88. The van der Waals surface area contributed by atoms with Gasteiger partial charge in [0.1, 0.15) is 0 Å². The molecule has 0 aliphatic rings. The third-order valence-corrected chi connectivity index (χ3v) is 3.74. The Balaban J connectivity index is 1.57. The third kappa shape index (κ3) is 4.75. The van der Waals surface area contributed by atoms with Crippen LogP contribution in [0.1, 0.15) is 5.56 Å². The van der Waals surface area contributed by atoms with Crippen molar-refractivity contribution in [3.63, 3.8) is 0 Å². The van der Waals surface area contributed by atoms with Crippen molar-refractivity contribution in [2.45, 2.75) is 6.42 Å². The first-order valence-electron chi connectivity index (χ1n) is 7.30. The molecule has 0 saturated carbocycles. The van der Waals surface area contributed by atoms with E-state index in [2.05, 4.69) is 53.9 Å². The molecule has 0 amide bonds. The maximum Gasteiger partial charge on any atom is 0.244 e. The van der Waals surface area contributed by atoms with E-state index < -0.39 is 0 Å². The number of anilines is 3. The number of hydrogen-bond donors (Lipinski definition) is 2. The van der Waals surface area contributed by atoms with Crippen LogP contribution in [0.15, 0.2) is 65.3 Å². The Morgan fingerprint density at radius 3 is 2.52 bits per heavy atom. The Bertz CT molecular complexity index is 746. The van der Waals surface area contributed by atoms with Gasteiger partial charge in [-0.1, -0.05) is 46.3 Å². The van der Waals surface area contributed by atoms with Gasteiger partial charge in [-0.05, 0) is 36.2 Å². The molecule has 0 unspecified atom stereocenters. The highest BCUT2D eigenvalue weighted by Crippen LogP contribution is 2.17. The van der Waals surface area contributed by atoms with Crippen LogP contribution in [0.3, 0.4) is 0 Å². The van der Waals surface area contributed by atoms with E-state index >= 15 is 0 Å². The van der Waals surface area contributed by atoms with Crippen molar-refractivity contribution in [1.29, 1.82) is 0 Å². The lowest BCUT2D eigenvalue weighted by molar-refractivity contribution is 0.929. The average Bonchev–Trinajstić information content (AvgIpc) is 2.58. The van der Waals surface area contributed by atoms with E-state index in [1.54, 1.807) is 6.20 Å². The zero-order valence-electron chi connectivity index (χ0n) is 12.4. The molecule has 0 fully saturated rings. The van der Waals surface area contributed by atoms with E-state index in [0.29, 0.717) is 11.8 Å². The van der Waals surface area contributed by atoms with E-state index in [1.807, 2.05) is 42.5 Å². The van der Waals surface area contributed by atoms with Gasteiger partial charge < -0.3 is 10.6 Å². The molecule has 1 heterocycles. The minimum Gasteiger partial charge on any atom is -0.353 e. The molecule has 6 heteroatoms. The van der Waals surface area contributed by atoms with Crippen LogP contribution in [0.25, 0.3) is 0 Å². The number of nitrogens with one attached hydrogen (secondary N) is 2. The lowest BCUT2D eigenvalue weighted by Gasteiger charge is -2.08. The zero-order chi connectivity index (χ0) is 15.9. The van der Waals surface area contributed by atoms with Crippen LogP contribution in [0.2, 0.25) is 0 Å². The van der Waals surface area contributed by atoms with E-state index in [9.17, 15) is 0 Å². The van der Waals surface area contributed by atoms with Crippen LogP contribution in [0.4, 0.5) is 17.5 Å². The van der Waals surface area contributed by atoms with E-state index in [1.165, 1.54) is 5.56 Å². The Morgan fingerprint density at radius 1 is 0.957 bits per heavy atom. The standard InChI is InChI=1S/C17H16BrN5/c18-14-6-8-15(9-7-14)21-16-12-20-23-17(22-16)19-11-10-13-4-2-1-3-5-13/h1-9,12H,10-11H2,(H2,19,21,22,23). The average molecular weight is 370 g/mol. The largest absolute Gasteiger partial charge is 0.353 e. The van der Waals surface area contributed by atoms with Crippen LogP contribution < -0.4 is 10.6 Å². The predicted octanol–water partition coefficient (Wildman–Crippen LogP) is 4.03. The number of benzene rings is 2. The molecule has 2 aromatic carbocycles. The summed E-state index contributed by atoms with van der Waals surface area (Å²) < 4.78 is 1.03. The summed E-state index contributed by atoms with van der Waals surface area (Å²) in [5, 5.41) is 14.4. The maximum atomic E-state index is 4.41. The smallest absolute Gasteiger partial charge is 0.244 e. The van der Waals surface area contributed by atoms with Gasteiger partial charge in [-0.2, -0.15) is 10.1 Å². The fraction of sp³-hybridized carbons (Fsp3) is 0.118. The highest BCUT2D eigenvalue weighted by Gasteiger charge is 2.01. The SMILES string of the molecule is Brc1ccc(Nc2cnnc(NCCc3ccccc3)n2)cc1. The highest BCUT2D eigenvalue weighted by molar-refractivity contribution is 9.10. The lowest BCUT2D eigenvalue weighted by Crippen LogP contribution is -2.09. The van der Waals surface area contributed by atoms with Crippen LogP contribution in [0.5, 0.6) is 0 Å². The summed E-state index contributed by atoms with van der Waals surface area (Å²) >= 11 is 3.41. The van der Waals surface area contributed by atoms with E-state index in [0.717, 1.165) is 23.1 Å². The third-order valence-electron chi connectivity index (χ3n) is 3.22. The molecule has 5 nitrogen and oxygen atoms in total. The summed E-state index contributed by atoms with van der Waals surface area (Å²) in [7, 11) is 0. The van der Waals surface area contributed by atoms with Crippen molar-refractivity contribution >= 4 is 33.4 Å². The molecule has 3 aromatic rings. The molecule has 0 bridgehead atoms.